The van der Waals surface area contributed by atoms with Gasteiger partial charge in [0, 0.05) is 17.1 Å². The fourth-order valence-corrected chi connectivity index (χ4v) is 5.31. The van der Waals surface area contributed by atoms with Gasteiger partial charge in [-0.15, -0.1) is 0 Å². The molecular weight excluding hydrogens is 400 g/mol. The molecule has 2 aromatic heterocycles. The monoisotopic (exact) mass is 420 g/mol. The average molecular weight is 421 g/mol. The smallest absolute Gasteiger partial charge is 0.137 e. The molecule has 33 heavy (non-hydrogen) atoms. The predicted octanol–water partition coefficient (Wildman–Crippen LogP) is 8.01. The minimum absolute atomic E-state index is 0.927. The Balaban J connectivity index is 1.76. The first kappa shape index (κ1) is 18.2. The molecule has 0 N–H and O–H groups in total. The number of rotatable bonds is 2. The van der Waals surface area contributed by atoms with Gasteiger partial charge in [0.25, 0.3) is 0 Å². The molecule has 0 unspecified atom stereocenters. The fraction of sp³-hybridized carbons (Fsp3) is 0. The van der Waals surface area contributed by atoms with Crippen LogP contribution in [-0.2, 0) is 0 Å². The third-order valence-corrected chi connectivity index (χ3v) is 6.62. The Morgan fingerprint density at radius 2 is 1.09 bits per heavy atom. The van der Waals surface area contributed by atoms with Crippen molar-refractivity contribution in [2.45, 2.75) is 0 Å². The Kier molecular flexibility index (Phi) is 3.88. The Morgan fingerprint density at radius 1 is 0.485 bits per heavy atom. The van der Waals surface area contributed by atoms with E-state index in [1.165, 1.54) is 55.5 Å². The molecule has 0 amide bonds. The van der Waals surface area contributed by atoms with E-state index < -0.39 is 0 Å². The molecule has 0 saturated carbocycles. The molecule has 0 radical (unpaired) electrons. The molecule has 1 aliphatic carbocycles. The highest BCUT2D eigenvalue weighted by atomic mass is 15.1. The number of pyridine rings is 1. The summed E-state index contributed by atoms with van der Waals surface area (Å²) in [6.07, 6.45) is 1.87. The first-order chi connectivity index (χ1) is 16.4. The largest absolute Gasteiger partial charge is 0.293 e. The number of benzene rings is 4. The molecule has 0 bridgehead atoms. The van der Waals surface area contributed by atoms with Crippen molar-refractivity contribution in [2.75, 3.05) is 0 Å². The van der Waals surface area contributed by atoms with Crippen LogP contribution in [-0.4, -0.2) is 9.55 Å². The van der Waals surface area contributed by atoms with Crippen molar-refractivity contribution in [3.63, 3.8) is 0 Å². The lowest BCUT2D eigenvalue weighted by molar-refractivity contribution is 1.05. The highest BCUT2D eigenvalue weighted by Crippen LogP contribution is 2.52. The van der Waals surface area contributed by atoms with Gasteiger partial charge in [0.1, 0.15) is 5.82 Å². The summed E-state index contributed by atoms with van der Waals surface area (Å²) < 4.78 is 2.33. The van der Waals surface area contributed by atoms with Crippen molar-refractivity contribution in [1.29, 1.82) is 0 Å². The van der Waals surface area contributed by atoms with Gasteiger partial charge in [-0.1, -0.05) is 97.1 Å². The summed E-state index contributed by atoms with van der Waals surface area (Å²) in [6, 6.07) is 41.0. The maximum absolute atomic E-state index is 4.77. The number of hydrogen-bond donors (Lipinski definition) is 0. The van der Waals surface area contributed by atoms with Crippen LogP contribution in [0.15, 0.2) is 121 Å². The Bertz CT molecular complexity index is 1640. The van der Waals surface area contributed by atoms with Crippen molar-refractivity contribution in [1.82, 2.24) is 9.55 Å². The second-order valence-electron chi connectivity index (χ2n) is 8.40. The predicted molar refractivity (Wildman–Crippen MR) is 136 cm³/mol. The van der Waals surface area contributed by atoms with Crippen molar-refractivity contribution >= 4 is 10.9 Å². The zero-order chi connectivity index (χ0) is 21.8. The van der Waals surface area contributed by atoms with E-state index in [9.17, 15) is 0 Å². The molecule has 0 atom stereocenters. The first-order valence-corrected chi connectivity index (χ1v) is 11.3. The van der Waals surface area contributed by atoms with Crippen LogP contribution in [0.25, 0.3) is 61.4 Å². The van der Waals surface area contributed by atoms with Gasteiger partial charge in [-0.25, -0.2) is 4.98 Å². The third-order valence-electron chi connectivity index (χ3n) is 6.62. The van der Waals surface area contributed by atoms with E-state index in [1.54, 1.807) is 0 Å². The van der Waals surface area contributed by atoms with Crippen LogP contribution in [0.1, 0.15) is 0 Å². The van der Waals surface area contributed by atoms with E-state index in [-0.39, 0.29) is 0 Å². The molecule has 154 valence electrons. The molecular formula is C31H20N2. The van der Waals surface area contributed by atoms with E-state index in [4.69, 9.17) is 4.98 Å². The summed E-state index contributed by atoms with van der Waals surface area (Å²) >= 11 is 0. The lowest BCUT2D eigenvalue weighted by Gasteiger charge is -2.15. The van der Waals surface area contributed by atoms with Crippen LogP contribution in [0.5, 0.6) is 0 Å². The van der Waals surface area contributed by atoms with E-state index in [2.05, 4.69) is 114 Å². The summed E-state index contributed by atoms with van der Waals surface area (Å²) in [7, 11) is 0. The number of nitrogens with zero attached hydrogens (tertiary/aromatic N) is 2. The standard InChI is InChI=1S/C31H20N2/c1-2-11-21(12-3-1)31-30-26-16-7-6-15-24(26)22-13-4-5-14-23(22)25-17-10-18-27(29(25)30)33(31)28-19-8-9-20-32-28/h1-20H. The van der Waals surface area contributed by atoms with Crippen molar-refractivity contribution in [3.8, 4) is 50.5 Å². The van der Waals surface area contributed by atoms with Crippen molar-refractivity contribution in [2.24, 2.45) is 0 Å². The van der Waals surface area contributed by atoms with Gasteiger partial charge >= 0.3 is 0 Å². The zero-order valence-electron chi connectivity index (χ0n) is 17.9. The van der Waals surface area contributed by atoms with E-state index in [0.717, 1.165) is 5.82 Å². The lowest BCUT2D eigenvalue weighted by atomic mass is 9.93. The van der Waals surface area contributed by atoms with Gasteiger partial charge in [-0.05, 0) is 51.6 Å². The molecule has 1 aliphatic rings. The maximum atomic E-state index is 4.77. The van der Waals surface area contributed by atoms with Crippen molar-refractivity contribution < 1.29 is 0 Å². The average Bonchev–Trinajstić information content (AvgIpc) is 3.19. The minimum Gasteiger partial charge on any atom is -0.293 e. The Labute approximate surface area is 192 Å². The van der Waals surface area contributed by atoms with E-state index >= 15 is 0 Å². The topological polar surface area (TPSA) is 17.8 Å². The van der Waals surface area contributed by atoms with E-state index in [1.807, 2.05) is 12.3 Å². The number of aromatic nitrogens is 2. The van der Waals surface area contributed by atoms with Gasteiger partial charge in [-0.3, -0.25) is 4.57 Å². The first-order valence-electron chi connectivity index (χ1n) is 11.3. The van der Waals surface area contributed by atoms with Gasteiger partial charge in [0.2, 0.25) is 0 Å². The molecule has 2 nitrogen and oxygen atoms in total. The zero-order valence-corrected chi connectivity index (χ0v) is 17.9. The highest BCUT2D eigenvalue weighted by molar-refractivity contribution is 6.17. The number of hydrogen-bond acceptors (Lipinski definition) is 1. The lowest BCUT2D eigenvalue weighted by Crippen LogP contribution is -2.00. The van der Waals surface area contributed by atoms with Crippen molar-refractivity contribution in [3.05, 3.63) is 121 Å². The van der Waals surface area contributed by atoms with Gasteiger partial charge < -0.3 is 0 Å². The van der Waals surface area contributed by atoms with Crippen LogP contribution >= 0.6 is 0 Å². The highest BCUT2D eigenvalue weighted by Gasteiger charge is 2.28. The summed E-state index contributed by atoms with van der Waals surface area (Å²) in [6.45, 7) is 0. The summed E-state index contributed by atoms with van der Waals surface area (Å²) in [5, 5.41) is 1.28. The third kappa shape index (κ3) is 2.58. The summed E-state index contributed by atoms with van der Waals surface area (Å²) in [4.78, 5) is 4.77. The summed E-state index contributed by atoms with van der Waals surface area (Å²) in [5.74, 6) is 0.927. The van der Waals surface area contributed by atoms with Gasteiger partial charge in [-0.2, -0.15) is 0 Å². The minimum atomic E-state index is 0.927. The van der Waals surface area contributed by atoms with Crippen LogP contribution in [0.2, 0.25) is 0 Å². The molecule has 4 aromatic carbocycles. The normalized spacial score (nSPS) is 11.6. The molecule has 2 heteroatoms. The Morgan fingerprint density at radius 3 is 1.82 bits per heavy atom. The fourth-order valence-electron chi connectivity index (χ4n) is 5.31. The van der Waals surface area contributed by atoms with Crippen LogP contribution in [0, 0.1) is 0 Å². The van der Waals surface area contributed by atoms with Gasteiger partial charge in [0.15, 0.2) is 0 Å². The second-order valence-corrected chi connectivity index (χ2v) is 8.40. The summed E-state index contributed by atoms with van der Waals surface area (Å²) in [5.41, 5.74) is 11.1. The molecule has 0 aliphatic heterocycles. The van der Waals surface area contributed by atoms with Crippen LogP contribution < -0.4 is 0 Å². The SMILES string of the molecule is c1ccc(-c2c3c4c(cccc4n2-c2ccccn2)-c2ccccc2-c2ccccc2-3)cc1. The molecule has 0 fully saturated rings. The molecule has 0 saturated heterocycles. The van der Waals surface area contributed by atoms with E-state index in [0.29, 0.717) is 0 Å². The Hall–Kier alpha value is -4.43. The van der Waals surface area contributed by atoms with Crippen LogP contribution in [0.3, 0.4) is 0 Å². The molecule has 7 rings (SSSR count). The number of fused-ring (bicyclic) bond motifs is 5. The maximum Gasteiger partial charge on any atom is 0.137 e. The molecule has 6 aromatic rings. The molecule has 2 heterocycles. The van der Waals surface area contributed by atoms with Gasteiger partial charge in [0.05, 0.1) is 11.2 Å². The quantitative estimate of drug-likeness (QED) is 0.277. The second kappa shape index (κ2) is 7.04. The molecule has 0 spiro atoms. The van der Waals surface area contributed by atoms with Crippen LogP contribution in [0.4, 0.5) is 0 Å².